The number of hydrogen-bond acceptors (Lipinski definition) is 10. The third kappa shape index (κ3) is 8.66. The summed E-state index contributed by atoms with van der Waals surface area (Å²) >= 11 is 0. The van der Waals surface area contributed by atoms with E-state index < -0.39 is 28.5 Å². The molecule has 2 aromatic carbocycles. The van der Waals surface area contributed by atoms with Crippen molar-refractivity contribution in [2.24, 2.45) is 11.3 Å². The minimum Gasteiger partial charge on any atom is -0.371 e. The summed E-state index contributed by atoms with van der Waals surface area (Å²) in [6.45, 7) is 12.0. The summed E-state index contributed by atoms with van der Waals surface area (Å²) in [7, 11) is 0. The van der Waals surface area contributed by atoms with Crippen LogP contribution in [0.4, 0.5) is 21.6 Å². The lowest BCUT2D eigenvalue weighted by atomic mass is 9.72. The van der Waals surface area contributed by atoms with Gasteiger partial charge in [-0.25, -0.2) is 14.4 Å². The zero-order valence-corrected chi connectivity index (χ0v) is 42.8. The number of carbonyl (C=O) groups is 5. The summed E-state index contributed by atoms with van der Waals surface area (Å²) in [6, 6.07) is 14.9. The number of likely N-dealkylation sites (tertiary alicyclic amines) is 3. The number of anilines is 3. The Morgan fingerprint density at radius 2 is 1.53 bits per heavy atom. The highest BCUT2D eigenvalue weighted by atomic mass is 19.1. The quantitative estimate of drug-likeness (QED) is 0.151. The zero-order chi connectivity index (χ0) is 50.3. The third-order valence-corrected chi connectivity index (χ3v) is 18.5. The van der Waals surface area contributed by atoms with E-state index >= 15 is 9.18 Å². The molecule has 1 atom stereocenters. The number of rotatable bonds is 10. The number of halogens is 1. The molecule has 16 heteroatoms. The van der Waals surface area contributed by atoms with Crippen molar-refractivity contribution in [2.45, 2.75) is 153 Å². The molecule has 4 aromatic rings. The average molecular weight is 995 g/mol. The molecule has 2 saturated carbocycles. The second-order valence-corrected chi connectivity index (χ2v) is 23.4. The number of carbonyl (C=O) groups excluding carboxylic acids is 5. The molecule has 73 heavy (non-hydrogen) atoms. The topological polar surface area (TPSA) is 156 Å². The molecular formula is C57H71FN10O5. The number of hydrogen-bond donors (Lipinski definition) is 2. The number of imidazole rings is 1. The first-order chi connectivity index (χ1) is 35.3. The van der Waals surface area contributed by atoms with Gasteiger partial charge in [-0.2, -0.15) is 0 Å². The van der Waals surface area contributed by atoms with E-state index in [4.69, 9.17) is 9.97 Å². The van der Waals surface area contributed by atoms with Crippen LogP contribution in [0.25, 0.3) is 22.3 Å². The Balaban J connectivity index is 0.706. The summed E-state index contributed by atoms with van der Waals surface area (Å²) in [5.41, 5.74) is 5.55. The van der Waals surface area contributed by atoms with Crippen LogP contribution >= 0.6 is 0 Å². The lowest BCUT2D eigenvalue weighted by molar-refractivity contribution is -0.150. The van der Waals surface area contributed by atoms with E-state index in [0.29, 0.717) is 102 Å². The van der Waals surface area contributed by atoms with Crippen molar-refractivity contribution >= 4 is 57.8 Å². The fraction of sp³-hybridized carbons (Fsp3) is 0.596. The highest BCUT2D eigenvalue weighted by molar-refractivity contribution is 6.09. The van der Waals surface area contributed by atoms with E-state index in [1.165, 1.54) is 25.3 Å². The van der Waals surface area contributed by atoms with Gasteiger partial charge in [-0.15, -0.1) is 0 Å². The van der Waals surface area contributed by atoms with Gasteiger partial charge in [0, 0.05) is 104 Å². The molecule has 5 saturated heterocycles. The lowest BCUT2D eigenvalue weighted by Gasteiger charge is -2.48. The minimum atomic E-state index is -0.702. The van der Waals surface area contributed by atoms with Crippen molar-refractivity contribution in [3.63, 3.8) is 0 Å². The van der Waals surface area contributed by atoms with Gasteiger partial charge in [0.15, 0.2) is 5.82 Å². The Bertz CT molecular complexity index is 2840. The molecule has 12 rings (SSSR count). The van der Waals surface area contributed by atoms with Gasteiger partial charge in [-0.1, -0.05) is 31.5 Å². The van der Waals surface area contributed by atoms with Crippen molar-refractivity contribution in [3.05, 3.63) is 65.7 Å². The SMILES string of the molecule is CC(C)n1cnc2cc(-c3ccc4c(c3)N(C3CC(N5CCCCC5)C3)C(=O)C43CCN(C(=O)C4(C)CCN(C(=O)C5CCN(c6ccc(C7CCC(=O)NC7=O)c(F)c6)CC5)CC4)CC3)nc(NC3CC3)c21. The van der Waals surface area contributed by atoms with E-state index in [-0.39, 0.29) is 48.1 Å². The molecule has 2 aromatic heterocycles. The molecule has 5 amide bonds. The van der Waals surface area contributed by atoms with Gasteiger partial charge in [0.25, 0.3) is 0 Å². The van der Waals surface area contributed by atoms with Crippen LogP contribution in [0.3, 0.4) is 0 Å². The highest BCUT2D eigenvalue weighted by Crippen LogP contribution is 2.53. The van der Waals surface area contributed by atoms with Crippen LogP contribution in [0.5, 0.6) is 0 Å². The Hall–Kier alpha value is -5.90. The molecule has 7 fully saturated rings. The second kappa shape index (κ2) is 18.8. The Labute approximate surface area is 427 Å². The van der Waals surface area contributed by atoms with Gasteiger partial charge >= 0.3 is 0 Å². The summed E-state index contributed by atoms with van der Waals surface area (Å²) < 4.78 is 17.5. The van der Waals surface area contributed by atoms with E-state index in [2.05, 4.69) is 74.9 Å². The van der Waals surface area contributed by atoms with E-state index in [1.807, 2.05) is 22.2 Å². The molecule has 2 N–H and O–H groups in total. The number of pyridine rings is 1. The highest BCUT2D eigenvalue weighted by Gasteiger charge is 2.57. The molecule has 6 aliphatic heterocycles. The molecule has 1 spiro atoms. The number of aromatic nitrogens is 3. The molecule has 0 bridgehead atoms. The van der Waals surface area contributed by atoms with Crippen molar-refractivity contribution in [1.82, 2.24) is 34.6 Å². The number of piperidine rings is 5. The fourth-order valence-corrected chi connectivity index (χ4v) is 13.6. The monoisotopic (exact) mass is 995 g/mol. The summed E-state index contributed by atoms with van der Waals surface area (Å²) in [5, 5.41) is 6.02. The number of fused-ring (bicyclic) bond motifs is 3. The second-order valence-electron chi connectivity index (χ2n) is 23.4. The van der Waals surface area contributed by atoms with Crippen LogP contribution in [0, 0.1) is 17.2 Å². The lowest BCUT2D eigenvalue weighted by Crippen LogP contribution is -2.59. The van der Waals surface area contributed by atoms with Crippen molar-refractivity contribution in [1.29, 1.82) is 0 Å². The largest absolute Gasteiger partial charge is 0.371 e. The number of nitrogens with one attached hydrogen (secondary N) is 2. The number of benzene rings is 2. The van der Waals surface area contributed by atoms with Gasteiger partial charge in [0.05, 0.1) is 28.9 Å². The Morgan fingerprint density at radius 3 is 2.22 bits per heavy atom. The normalized spacial score (nSPS) is 25.6. The Kier molecular flexibility index (Phi) is 12.4. The van der Waals surface area contributed by atoms with Gasteiger partial charge in [-0.3, -0.25) is 29.3 Å². The number of nitrogens with zero attached hydrogens (tertiary/aromatic N) is 8. The average Bonchev–Trinajstić information content (AvgIpc) is 4.05. The molecule has 0 radical (unpaired) electrons. The molecule has 386 valence electrons. The van der Waals surface area contributed by atoms with Crippen LogP contribution in [0.2, 0.25) is 0 Å². The predicted octanol–water partition coefficient (Wildman–Crippen LogP) is 7.68. The first kappa shape index (κ1) is 48.1. The maximum absolute atomic E-state index is 15.3. The summed E-state index contributed by atoms with van der Waals surface area (Å²) in [5.74, 6) is -0.778. The van der Waals surface area contributed by atoms with Gasteiger partial charge < -0.3 is 34.4 Å². The van der Waals surface area contributed by atoms with Gasteiger partial charge in [0.2, 0.25) is 29.5 Å². The first-order valence-electron chi connectivity index (χ1n) is 27.6. The fourth-order valence-electron chi connectivity index (χ4n) is 13.6. The Morgan fingerprint density at radius 1 is 0.808 bits per heavy atom. The van der Waals surface area contributed by atoms with Gasteiger partial charge in [0.1, 0.15) is 11.3 Å². The zero-order valence-electron chi connectivity index (χ0n) is 42.8. The predicted molar refractivity (Wildman–Crippen MR) is 278 cm³/mol. The van der Waals surface area contributed by atoms with Crippen molar-refractivity contribution in [3.8, 4) is 11.3 Å². The third-order valence-electron chi connectivity index (χ3n) is 18.5. The van der Waals surface area contributed by atoms with E-state index in [9.17, 15) is 19.2 Å². The molecule has 15 nitrogen and oxygen atoms in total. The smallest absolute Gasteiger partial charge is 0.238 e. The first-order valence-corrected chi connectivity index (χ1v) is 27.6. The van der Waals surface area contributed by atoms with Crippen LogP contribution in [-0.4, -0.2) is 129 Å². The van der Waals surface area contributed by atoms with Crippen molar-refractivity contribution < 1.29 is 28.4 Å². The van der Waals surface area contributed by atoms with E-state index in [1.54, 1.807) is 6.07 Å². The van der Waals surface area contributed by atoms with Crippen LogP contribution in [0.15, 0.2) is 48.8 Å². The summed E-state index contributed by atoms with van der Waals surface area (Å²) in [6.07, 6.45) is 14.0. The maximum Gasteiger partial charge on any atom is 0.238 e. The van der Waals surface area contributed by atoms with Crippen LogP contribution < -0.4 is 20.4 Å². The standard InChI is InChI=1S/C57H71FN10O5/c1-35(2)67-34-59-47-33-46(61-51(50(47)67)60-38-8-9-38)37-7-13-44-48(29-37)68(41-30-40(31-41)63-21-5-4-6-22-63)55(73)57(44)19-27-66(28-20-57)54(72)56(3)17-25-65(26-18-56)53(71)36-15-23-64(24-16-36)39-10-11-42(45(58)32-39)43-12-14-49(69)62-52(43)70/h7,10-11,13,29,32-36,38,40-41,43H,4-6,8-9,12,14-28,30-31H2,1-3H3,(H,60,61)(H,62,69,70). The molecule has 8 aliphatic rings. The summed E-state index contributed by atoms with van der Waals surface area (Å²) in [4.78, 5) is 88.8. The molecule has 1 unspecified atom stereocenters. The maximum atomic E-state index is 15.3. The van der Waals surface area contributed by atoms with Gasteiger partial charge in [-0.05, 0) is 140 Å². The molecule has 8 heterocycles. The molecular weight excluding hydrogens is 924 g/mol. The van der Waals surface area contributed by atoms with Crippen LogP contribution in [-0.2, 0) is 29.4 Å². The van der Waals surface area contributed by atoms with Crippen LogP contribution in [0.1, 0.15) is 140 Å². The number of imide groups is 1. The number of amides is 5. The molecule has 2 aliphatic carbocycles. The van der Waals surface area contributed by atoms with Crippen molar-refractivity contribution in [2.75, 3.05) is 67.5 Å². The van der Waals surface area contributed by atoms with E-state index in [0.717, 1.165) is 83.8 Å². The minimum absolute atomic E-state index is 0.122.